The molecule has 6 heteroatoms. The van der Waals surface area contributed by atoms with E-state index in [9.17, 15) is 0 Å². The minimum atomic E-state index is -0.152. The zero-order chi connectivity index (χ0) is 13.1. The molecule has 0 spiro atoms. The van der Waals surface area contributed by atoms with E-state index in [0.717, 1.165) is 20.6 Å². The van der Waals surface area contributed by atoms with E-state index >= 15 is 0 Å². The smallest absolute Gasteiger partial charge is 0.161 e. The number of hydrazine groups is 1. The Morgan fingerprint density at radius 3 is 2.78 bits per heavy atom. The van der Waals surface area contributed by atoms with Gasteiger partial charge in [0, 0.05) is 10.6 Å². The Kier molecular flexibility index (Phi) is 4.20. The van der Waals surface area contributed by atoms with Crippen molar-refractivity contribution in [2.75, 3.05) is 7.11 Å². The lowest BCUT2D eigenvalue weighted by Crippen LogP contribution is -2.31. The van der Waals surface area contributed by atoms with E-state index in [1.54, 1.807) is 18.0 Å². The van der Waals surface area contributed by atoms with E-state index in [0.29, 0.717) is 0 Å². The number of benzene rings is 1. The molecule has 1 unspecified atom stereocenters. The van der Waals surface area contributed by atoms with Gasteiger partial charge in [0.25, 0.3) is 0 Å². The second kappa shape index (κ2) is 5.68. The van der Waals surface area contributed by atoms with Crippen molar-refractivity contribution in [3.63, 3.8) is 0 Å². The number of hydrogen-bond acceptors (Lipinski definition) is 4. The Hall–Kier alpha value is -1.12. The van der Waals surface area contributed by atoms with Crippen molar-refractivity contribution in [1.82, 2.24) is 15.2 Å². The van der Waals surface area contributed by atoms with Gasteiger partial charge in [0.1, 0.15) is 5.69 Å². The Labute approximate surface area is 119 Å². The molecular weight excluding hydrogens is 343 g/mol. The molecular formula is C12H15IN4O. The lowest BCUT2D eigenvalue weighted by atomic mass is 10.0. The Balaban J connectivity index is 2.52. The standard InChI is InChI=1S/C12H15IN4O/c1-17-12(10(18-2)7-15-17)11(16-14)8-5-3-4-6-9(8)13/h3-7,11,16H,14H2,1-2H3. The van der Waals surface area contributed by atoms with E-state index in [4.69, 9.17) is 10.6 Å². The van der Waals surface area contributed by atoms with Gasteiger partial charge in [-0.3, -0.25) is 10.5 Å². The monoisotopic (exact) mass is 358 g/mol. The highest BCUT2D eigenvalue weighted by Crippen LogP contribution is 2.31. The molecule has 1 atom stereocenters. The van der Waals surface area contributed by atoms with Crippen LogP contribution in [0.25, 0.3) is 0 Å². The van der Waals surface area contributed by atoms with Crippen molar-refractivity contribution >= 4 is 22.6 Å². The summed E-state index contributed by atoms with van der Waals surface area (Å²) >= 11 is 2.29. The summed E-state index contributed by atoms with van der Waals surface area (Å²) in [6.45, 7) is 0. The topological polar surface area (TPSA) is 65.1 Å². The molecule has 0 saturated carbocycles. The minimum Gasteiger partial charge on any atom is -0.493 e. The van der Waals surface area contributed by atoms with Gasteiger partial charge in [-0.25, -0.2) is 5.43 Å². The summed E-state index contributed by atoms with van der Waals surface area (Å²) in [6.07, 6.45) is 1.69. The first kappa shape index (κ1) is 13.3. The van der Waals surface area contributed by atoms with Crippen LogP contribution in [0.4, 0.5) is 0 Å². The number of rotatable bonds is 4. The molecule has 0 radical (unpaired) electrons. The maximum Gasteiger partial charge on any atom is 0.161 e. The van der Waals surface area contributed by atoms with E-state index in [2.05, 4.69) is 33.1 Å². The predicted octanol–water partition coefficient (Wildman–Crippen LogP) is 1.59. The summed E-state index contributed by atoms with van der Waals surface area (Å²) in [4.78, 5) is 0. The van der Waals surface area contributed by atoms with Crippen LogP contribution in [0.2, 0.25) is 0 Å². The van der Waals surface area contributed by atoms with Gasteiger partial charge in [0.15, 0.2) is 5.75 Å². The van der Waals surface area contributed by atoms with Crippen LogP contribution in [0, 0.1) is 3.57 Å². The number of nitrogens with two attached hydrogens (primary N) is 1. The Bertz CT molecular complexity index is 541. The van der Waals surface area contributed by atoms with Gasteiger partial charge in [-0.15, -0.1) is 0 Å². The summed E-state index contributed by atoms with van der Waals surface area (Å²) < 4.78 is 8.24. The van der Waals surface area contributed by atoms with Crippen LogP contribution in [0.3, 0.4) is 0 Å². The summed E-state index contributed by atoms with van der Waals surface area (Å²) in [6, 6.07) is 7.92. The molecule has 1 aromatic carbocycles. The quantitative estimate of drug-likeness (QED) is 0.495. The van der Waals surface area contributed by atoms with Crippen molar-refractivity contribution in [2.45, 2.75) is 6.04 Å². The highest BCUT2D eigenvalue weighted by atomic mass is 127. The molecule has 0 aliphatic heterocycles. The van der Waals surface area contributed by atoms with Crippen molar-refractivity contribution < 1.29 is 4.74 Å². The number of hydrogen-bond donors (Lipinski definition) is 2. The van der Waals surface area contributed by atoms with Crippen LogP contribution in [0.1, 0.15) is 17.3 Å². The fourth-order valence-electron chi connectivity index (χ4n) is 1.94. The minimum absolute atomic E-state index is 0.152. The molecule has 2 aromatic rings. The van der Waals surface area contributed by atoms with E-state index in [1.165, 1.54) is 0 Å². The van der Waals surface area contributed by atoms with Gasteiger partial charge in [0.05, 0.1) is 19.3 Å². The normalized spacial score (nSPS) is 12.4. The Morgan fingerprint density at radius 1 is 1.44 bits per heavy atom. The lowest BCUT2D eigenvalue weighted by molar-refractivity contribution is 0.401. The number of halogens is 1. The van der Waals surface area contributed by atoms with E-state index < -0.39 is 0 Å². The van der Waals surface area contributed by atoms with Crippen LogP contribution in [-0.4, -0.2) is 16.9 Å². The first-order valence-electron chi connectivity index (χ1n) is 5.45. The summed E-state index contributed by atoms with van der Waals surface area (Å²) in [5, 5.41) is 4.21. The fourth-order valence-corrected chi connectivity index (χ4v) is 2.64. The van der Waals surface area contributed by atoms with Crippen molar-refractivity contribution in [1.29, 1.82) is 0 Å². The molecule has 5 nitrogen and oxygen atoms in total. The summed E-state index contributed by atoms with van der Waals surface area (Å²) in [5.41, 5.74) is 4.84. The van der Waals surface area contributed by atoms with Crippen molar-refractivity contribution in [3.05, 3.63) is 45.3 Å². The summed E-state index contributed by atoms with van der Waals surface area (Å²) in [5.74, 6) is 6.43. The first-order chi connectivity index (χ1) is 8.69. The van der Waals surface area contributed by atoms with Crippen LogP contribution in [-0.2, 0) is 7.05 Å². The highest BCUT2D eigenvalue weighted by Gasteiger charge is 2.22. The van der Waals surface area contributed by atoms with Gasteiger partial charge >= 0.3 is 0 Å². The molecule has 0 aliphatic carbocycles. The molecule has 0 aliphatic rings. The fraction of sp³-hybridized carbons (Fsp3) is 0.250. The highest BCUT2D eigenvalue weighted by molar-refractivity contribution is 14.1. The molecule has 3 N–H and O–H groups in total. The van der Waals surface area contributed by atoms with Crippen LogP contribution in [0.5, 0.6) is 5.75 Å². The SMILES string of the molecule is COc1cnn(C)c1C(NN)c1ccccc1I. The Morgan fingerprint density at radius 2 is 2.17 bits per heavy atom. The average Bonchev–Trinajstić information content (AvgIpc) is 2.74. The third kappa shape index (κ3) is 2.36. The number of aryl methyl sites for hydroxylation is 1. The maximum atomic E-state index is 5.71. The third-order valence-corrected chi connectivity index (χ3v) is 3.81. The predicted molar refractivity (Wildman–Crippen MR) is 78.1 cm³/mol. The molecule has 0 saturated heterocycles. The summed E-state index contributed by atoms with van der Waals surface area (Å²) in [7, 11) is 3.50. The van der Waals surface area contributed by atoms with Gasteiger partial charge in [-0.2, -0.15) is 5.10 Å². The molecule has 18 heavy (non-hydrogen) atoms. The van der Waals surface area contributed by atoms with Crippen molar-refractivity contribution in [3.8, 4) is 5.75 Å². The van der Waals surface area contributed by atoms with Gasteiger partial charge in [0.2, 0.25) is 0 Å². The third-order valence-electron chi connectivity index (χ3n) is 2.83. The number of nitrogens with one attached hydrogen (secondary N) is 1. The van der Waals surface area contributed by atoms with Crippen LogP contribution in [0.15, 0.2) is 30.5 Å². The maximum absolute atomic E-state index is 5.71. The van der Waals surface area contributed by atoms with E-state index in [1.807, 2.05) is 31.3 Å². The molecule has 96 valence electrons. The number of aromatic nitrogens is 2. The van der Waals surface area contributed by atoms with E-state index in [-0.39, 0.29) is 6.04 Å². The molecule has 0 amide bonds. The second-order valence-corrected chi connectivity index (χ2v) is 5.01. The zero-order valence-corrected chi connectivity index (χ0v) is 12.4. The molecule has 0 fully saturated rings. The van der Waals surface area contributed by atoms with Crippen molar-refractivity contribution in [2.24, 2.45) is 12.9 Å². The van der Waals surface area contributed by atoms with Gasteiger partial charge in [-0.05, 0) is 34.2 Å². The molecule has 1 aromatic heterocycles. The largest absolute Gasteiger partial charge is 0.493 e. The van der Waals surface area contributed by atoms with Crippen LogP contribution < -0.4 is 16.0 Å². The number of methoxy groups -OCH3 is 1. The van der Waals surface area contributed by atoms with Gasteiger partial charge < -0.3 is 4.74 Å². The first-order valence-corrected chi connectivity index (χ1v) is 6.53. The number of nitrogens with zero attached hydrogens (tertiary/aromatic N) is 2. The lowest BCUT2D eigenvalue weighted by Gasteiger charge is -2.19. The second-order valence-electron chi connectivity index (χ2n) is 3.84. The zero-order valence-electron chi connectivity index (χ0n) is 10.2. The average molecular weight is 358 g/mol. The number of ether oxygens (including phenoxy) is 1. The van der Waals surface area contributed by atoms with Gasteiger partial charge in [-0.1, -0.05) is 18.2 Å². The molecule has 2 rings (SSSR count). The van der Waals surface area contributed by atoms with Crippen LogP contribution >= 0.6 is 22.6 Å². The molecule has 1 heterocycles. The molecule has 0 bridgehead atoms.